The number of rotatable bonds is 2. The molecular weight excluding hydrogens is 453 g/mol. The zero-order valence-corrected chi connectivity index (χ0v) is 17.6. The SMILES string of the molecule is CCOC(=O)N1CC=C2C(C#N)=C(N)C(C#N)(C#N)[C@H](c3cc(Br)ccc3F)[C@H]2C1. The Morgan fingerprint density at radius 3 is 2.70 bits per heavy atom. The first-order chi connectivity index (χ1) is 14.3. The third kappa shape index (κ3) is 3.20. The molecule has 9 heteroatoms. The summed E-state index contributed by atoms with van der Waals surface area (Å²) in [5, 5.41) is 29.7. The van der Waals surface area contributed by atoms with E-state index in [1.165, 1.54) is 23.1 Å². The zero-order valence-electron chi connectivity index (χ0n) is 16.0. The van der Waals surface area contributed by atoms with Crippen LogP contribution in [0.2, 0.25) is 0 Å². The van der Waals surface area contributed by atoms with Gasteiger partial charge in [0.2, 0.25) is 0 Å². The normalized spacial score (nSPS) is 22.1. The van der Waals surface area contributed by atoms with Crippen molar-refractivity contribution < 1.29 is 13.9 Å². The molecule has 2 atom stereocenters. The van der Waals surface area contributed by atoms with Crippen LogP contribution in [0.1, 0.15) is 18.4 Å². The predicted molar refractivity (Wildman–Crippen MR) is 107 cm³/mol. The first-order valence-electron chi connectivity index (χ1n) is 9.14. The fourth-order valence-corrected chi connectivity index (χ4v) is 4.52. The molecule has 152 valence electrons. The van der Waals surface area contributed by atoms with Gasteiger partial charge in [-0.15, -0.1) is 0 Å². The van der Waals surface area contributed by atoms with Crippen molar-refractivity contribution in [1.29, 1.82) is 15.8 Å². The second-order valence-corrected chi connectivity index (χ2v) is 7.86. The van der Waals surface area contributed by atoms with E-state index in [9.17, 15) is 25.0 Å². The van der Waals surface area contributed by atoms with E-state index >= 15 is 0 Å². The van der Waals surface area contributed by atoms with Crippen LogP contribution in [-0.4, -0.2) is 30.7 Å². The molecule has 0 aromatic heterocycles. The van der Waals surface area contributed by atoms with Crippen molar-refractivity contribution in [3.8, 4) is 18.2 Å². The minimum absolute atomic E-state index is 0.0262. The smallest absolute Gasteiger partial charge is 0.410 e. The molecule has 0 unspecified atom stereocenters. The van der Waals surface area contributed by atoms with Crippen LogP contribution in [0, 0.1) is 51.1 Å². The first-order valence-corrected chi connectivity index (χ1v) is 9.93. The summed E-state index contributed by atoms with van der Waals surface area (Å²) in [6.07, 6.45) is 1.08. The van der Waals surface area contributed by atoms with E-state index < -0.39 is 29.2 Å². The number of amides is 1. The second kappa shape index (κ2) is 8.18. The highest BCUT2D eigenvalue weighted by molar-refractivity contribution is 9.10. The largest absolute Gasteiger partial charge is 0.450 e. The van der Waals surface area contributed by atoms with Crippen LogP contribution in [0.5, 0.6) is 0 Å². The Hall–Kier alpha value is -3.35. The monoisotopic (exact) mass is 469 g/mol. The lowest BCUT2D eigenvalue weighted by molar-refractivity contribution is 0.0997. The van der Waals surface area contributed by atoms with E-state index in [1.807, 2.05) is 18.2 Å². The van der Waals surface area contributed by atoms with E-state index in [1.54, 1.807) is 13.0 Å². The van der Waals surface area contributed by atoms with Crippen molar-refractivity contribution in [3.05, 3.63) is 57.0 Å². The number of allylic oxidation sites excluding steroid dienone is 2. The number of hydrogen-bond donors (Lipinski definition) is 1. The van der Waals surface area contributed by atoms with Crippen molar-refractivity contribution in [2.75, 3.05) is 19.7 Å². The average Bonchev–Trinajstić information content (AvgIpc) is 2.75. The van der Waals surface area contributed by atoms with Crippen molar-refractivity contribution in [1.82, 2.24) is 4.90 Å². The molecule has 0 radical (unpaired) electrons. The van der Waals surface area contributed by atoms with Gasteiger partial charge in [0, 0.05) is 29.4 Å². The molecule has 2 N–H and O–H groups in total. The van der Waals surface area contributed by atoms with E-state index in [0.29, 0.717) is 10.0 Å². The standard InChI is InChI=1S/C21H17BrFN5O2/c1-2-30-20(29)28-6-5-13-15(8-24)19(27)21(10-25,11-26)18(16(13)9-28)14-7-12(22)3-4-17(14)23/h3-5,7,16,18H,2,6,9,27H2,1H3/t16-,18+/m0/s1. The van der Waals surface area contributed by atoms with Crippen LogP contribution in [0.15, 0.2) is 45.6 Å². The van der Waals surface area contributed by atoms with Gasteiger partial charge in [-0.25, -0.2) is 9.18 Å². The highest BCUT2D eigenvalue weighted by Gasteiger charge is 2.55. The Morgan fingerprint density at radius 1 is 1.40 bits per heavy atom. The minimum Gasteiger partial charge on any atom is -0.450 e. The number of fused-ring (bicyclic) bond motifs is 1. The van der Waals surface area contributed by atoms with Crippen molar-refractivity contribution in [2.24, 2.45) is 17.1 Å². The number of halogens is 2. The van der Waals surface area contributed by atoms with E-state index in [2.05, 4.69) is 15.9 Å². The van der Waals surface area contributed by atoms with Gasteiger partial charge in [0.25, 0.3) is 0 Å². The van der Waals surface area contributed by atoms with Crippen LogP contribution in [-0.2, 0) is 4.74 Å². The molecule has 1 aromatic carbocycles. The molecule has 0 bridgehead atoms. The maximum atomic E-state index is 14.9. The van der Waals surface area contributed by atoms with Crippen LogP contribution >= 0.6 is 15.9 Å². The number of nitrogens with zero attached hydrogens (tertiary/aromatic N) is 4. The van der Waals surface area contributed by atoms with E-state index in [0.717, 1.165) is 0 Å². The van der Waals surface area contributed by atoms with Crippen LogP contribution in [0.3, 0.4) is 0 Å². The van der Waals surface area contributed by atoms with Gasteiger partial charge in [-0.1, -0.05) is 22.0 Å². The molecule has 1 heterocycles. The zero-order chi connectivity index (χ0) is 22.1. The van der Waals surface area contributed by atoms with Gasteiger partial charge in [0.1, 0.15) is 11.9 Å². The average molecular weight is 470 g/mol. The summed E-state index contributed by atoms with van der Waals surface area (Å²) in [6, 6.07) is 10.1. The van der Waals surface area contributed by atoms with Crippen molar-refractivity contribution >= 4 is 22.0 Å². The van der Waals surface area contributed by atoms with Gasteiger partial charge in [0.05, 0.1) is 30.0 Å². The Labute approximate surface area is 181 Å². The molecular formula is C21H17BrFN5O2. The summed E-state index contributed by atoms with van der Waals surface area (Å²) in [7, 11) is 0. The molecule has 0 fully saturated rings. The molecule has 0 spiro atoms. The van der Waals surface area contributed by atoms with Crippen molar-refractivity contribution in [3.63, 3.8) is 0 Å². The van der Waals surface area contributed by atoms with Gasteiger partial charge in [-0.3, -0.25) is 0 Å². The summed E-state index contributed by atoms with van der Waals surface area (Å²) in [4.78, 5) is 13.7. The molecule has 7 nitrogen and oxygen atoms in total. The molecule has 0 saturated heterocycles. The number of benzene rings is 1. The summed E-state index contributed by atoms with van der Waals surface area (Å²) < 4.78 is 20.5. The van der Waals surface area contributed by atoms with E-state index in [-0.39, 0.29) is 36.5 Å². The number of hydrogen-bond acceptors (Lipinski definition) is 6. The molecule has 0 saturated carbocycles. The lowest BCUT2D eigenvalue weighted by Crippen LogP contribution is -2.49. The lowest BCUT2D eigenvalue weighted by atomic mass is 9.58. The molecule has 1 aliphatic carbocycles. The highest BCUT2D eigenvalue weighted by atomic mass is 79.9. The van der Waals surface area contributed by atoms with Gasteiger partial charge < -0.3 is 15.4 Å². The van der Waals surface area contributed by atoms with Crippen LogP contribution in [0.4, 0.5) is 9.18 Å². The second-order valence-electron chi connectivity index (χ2n) is 6.95. The fourth-order valence-electron chi connectivity index (χ4n) is 4.14. The fraction of sp³-hybridized carbons (Fsp3) is 0.333. The molecule has 30 heavy (non-hydrogen) atoms. The summed E-state index contributed by atoms with van der Waals surface area (Å²) in [6.45, 7) is 2.07. The third-order valence-corrected chi connectivity index (χ3v) is 5.98. The summed E-state index contributed by atoms with van der Waals surface area (Å²) >= 11 is 3.30. The minimum atomic E-state index is -1.98. The maximum absolute atomic E-state index is 14.9. The highest BCUT2D eigenvalue weighted by Crippen LogP contribution is 2.54. The number of ether oxygens (including phenoxy) is 1. The lowest BCUT2D eigenvalue weighted by Gasteiger charge is -2.45. The predicted octanol–water partition coefficient (Wildman–Crippen LogP) is 3.47. The Morgan fingerprint density at radius 2 is 2.10 bits per heavy atom. The molecule has 1 aromatic rings. The quantitative estimate of drug-likeness (QED) is 0.705. The van der Waals surface area contributed by atoms with E-state index in [4.69, 9.17) is 10.5 Å². The summed E-state index contributed by atoms with van der Waals surface area (Å²) in [5.74, 6) is -2.35. The molecule has 1 aliphatic heterocycles. The Bertz CT molecular complexity index is 1080. The van der Waals surface area contributed by atoms with Gasteiger partial charge in [0.15, 0.2) is 5.41 Å². The number of carbonyl (C=O) groups is 1. The Kier molecular flexibility index (Phi) is 5.82. The third-order valence-electron chi connectivity index (χ3n) is 5.48. The topological polar surface area (TPSA) is 127 Å². The molecule has 2 aliphatic rings. The first kappa shape index (κ1) is 21.4. The molecule has 3 rings (SSSR count). The number of nitriles is 3. The Balaban J connectivity index is 2.29. The van der Waals surface area contributed by atoms with Crippen LogP contribution < -0.4 is 5.73 Å². The maximum Gasteiger partial charge on any atom is 0.410 e. The molecule has 1 amide bonds. The number of nitrogens with two attached hydrogens (primary N) is 1. The van der Waals surface area contributed by atoms with Gasteiger partial charge in [-0.2, -0.15) is 15.8 Å². The van der Waals surface area contributed by atoms with Crippen LogP contribution in [0.25, 0.3) is 0 Å². The van der Waals surface area contributed by atoms with Gasteiger partial charge in [-0.05, 0) is 36.3 Å². The number of carbonyl (C=O) groups excluding carboxylic acids is 1. The van der Waals surface area contributed by atoms with Crippen molar-refractivity contribution in [2.45, 2.75) is 12.8 Å². The summed E-state index contributed by atoms with van der Waals surface area (Å²) in [5.41, 5.74) is 4.64. The van der Waals surface area contributed by atoms with Gasteiger partial charge >= 0.3 is 6.09 Å².